The highest BCUT2D eigenvalue weighted by atomic mass is 32.2. The van der Waals surface area contributed by atoms with Crippen molar-refractivity contribution in [1.29, 1.82) is 0 Å². The molecule has 0 spiro atoms. The van der Waals surface area contributed by atoms with Crippen molar-refractivity contribution in [2.24, 2.45) is 0 Å². The van der Waals surface area contributed by atoms with E-state index in [1.165, 1.54) is 43.6 Å². The average Bonchev–Trinajstić information content (AvgIpc) is 3.38. The zero-order valence-corrected chi connectivity index (χ0v) is 16.8. The molecule has 0 atom stereocenters. The van der Waals surface area contributed by atoms with Gasteiger partial charge in [-0.2, -0.15) is 0 Å². The molecule has 2 heterocycles. The fraction of sp³-hybridized carbons (Fsp3) is 0.100. The molecule has 0 unspecified atom stereocenters. The van der Waals surface area contributed by atoms with Crippen LogP contribution < -0.4 is 9.46 Å². The van der Waals surface area contributed by atoms with E-state index in [4.69, 9.17) is 9.15 Å². The number of aromatic nitrogens is 3. The molecule has 154 valence electrons. The number of hydrogen-bond acceptors (Lipinski definition) is 6. The molecular formula is C20H17FN4O4S. The number of nitrogens with zero attached hydrogens (tertiary/aromatic N) is 2. The molecule has 0 aliphatic heterocycles. The first-order chi connectivity index (χ1) is 14.4. The van der Waals surface area contributed by atoms with Crippen molar-refractivity contribution in [2.75, 3.05) is 11.8 Å². The summed E-state index contributed by atoms with van der Waals surface area (Å²) < 4.78 is 52.0. The summed E-state index contributed by atoms with van der Waals surface area (Å²) in [6.45, 7) is 1.85. The van der Waals surface area contributed by atoms with E-state index in [-0.39, 0.29) is 22.5 Å². The monoisotopic (exact) mass is 428 g/mol. The highest BCUT2D eigenvalue weighted by Gasteiger charge is 2.21. The Morgan fingerprint density at radius 1 is 1.07 bits per heavy atom. The van der Waals surface area contributed by atoms with Crippen molar-refractivity contribution in [3.05, 3.63) is 66.1 Å². The third-order valence-corrected chi connectivity index (χ3v) is 5.66. The number of nitrogens with one attached hydrogen (secondary N) is 2. The fourth-order valence-corrected chi connectivity index (χ4v) is 3.85. The van der Waals surface area contributed by atoms with Crippen molar-refractivity contribution >= 4 is 15.7 Å². The molecule has 0 aliphatic rings. The van der Waals surface area contributed by atoms with E-state index in [1.807, 2.05) is 13.0 Å². The van der Waals surface area contributed by atoms with Crippen LogP contribution in [0.2, 0.25) is 0 Å². The molecule has 2 aromatic heterocycles. The molecule has 10 heteroatoms. The first kappa shape index (κ1) is 19.6. The van der Waals surface area contributed by atoms with Crippen LogP contribution in [0.3, 0.4) is 0 Å². The number of ether oxygens (including phenoxy) is 1. The molecule has 4 aromatic rings. The van der Waals surface area contributed by atoms with E-state index in [0.717, 1.165) is 5.56 Å². The van der Waals surface area contributed by atoms with Crippen LogP contribution in [0.1, 0.15) is 5.56 Å². The van der Waals surface area contributed by atoms with Gasteiger partial charge in [0, 0.05) is 11.8 Å². The van der Waals surface area contributed by atoms with Gasteiger partial charge in [0.1, 0.15) is 22.2 Å². The molecule has 0 saturated heterocycles. The molecule has 30 heavy (non-hydrogen) atoms. The Hall–Kier alpha value is -3.66. The number of hydrogen-bond donors (Lipinski definition) is 2. The van der Waals surface area contributed by atoms with Crippen LogP contribution in [-0.2, 0) is 10.0 Å². The lowest BCUT2D eigenvalue weighted by Crippen LogP contribution is -2.13. The van der Waals surface area contributed by atoms with E-state index >= 15 is 0 Å². The first-order valence-corrected chi connectivity index (χ1v) is 10.3. The summed E-state index contributed by atoms with van der Waals surface area (Å²) >= 11 is 0. The van der Waals surface area contributed by atoms with Gasteiger partial charge in [0.05, 0.1) is 12.8 Å². The number of benzene rings is 2. The molecule has 0 radical (unpaired) electrons. The highest BCUT2D eigenvalue weighted by Crippen LogP contribution is 2.29. The summed E-state index contributed by atoms with van der Waals surface area (Å²) in [7, 11) is -2.43. The second kappa shape index (κ2) is 7.64. The number of methoxy groups -OCH3 is 1. The second-order valence-electron chi connectivity index (χ2n) is 6.48. The zero-order chi connectivity index (χ0) is 21.3. The van der Waals surface area contributed by atoms with Crippen LogP contribution in [0.5, 0.6) is 5.75 Å². The number of halogens is 1. The minimum absolute atomic E-state index is 0.0115. The van der Waals surface area contributed by atoms with Gasteiger partial charge in [0.25, 0.3) is 15.9 Å². The van der Waals surface area contributed by atoms with Crippen molar-refractivity contribution < 1.29 is 22.0 Å². The molecule has 0 bridgehead atoms. The molecule has 2 aromatic carbocycles. The minimum Gasteiger partial charge on any atom is -0.495 e. The molecule has 4 rings (SSSR count). The summed E-state index contributed by atoms with van der Waals surface area (Å²) in [5, 5.41) is 7.85. The maximum absolute atomic E-state index is 13.1. The number of sulfonamides is 1. The largest absolute Gasteiger partial charge is 0.495 e. The van der Waals surface area contributed by atoms with Gasteiger partial charge in [0.2, 0.25) is 5.89 Å². The molecule has 8 nitrogen and oxygen atoms in total. The Kier molecular flexibility index (Phi) is 5.00. The standard InChI is InChI=1S/C20H17FN4O4S/c1-12-3-8-18(28-2)16(9-12)25-30(26,27)15-10-17(22-11-15)20-24-23-19(29-20)13-4-6-14(21)7-5-13/h3-11,22,25H,1-2H3. The number of aryl methyl sites for hydroxylation is 1. The predicted octanol–water partition coefficient (Wildman–Crippen LogP) is 3.99. The van der Waals surface area contributed by atoms with Gasteiger partial charge in [-0.15, -0.1) is 10.2 Å². The number of H-pyrrole nitrogens is 1. The van der Waals surface area contributed by atoms with Crippen molar-refractivity contribution in [1.82, 2.24) is 15.2 Å². The van der Waals surface area contributed by atoms with Gasteiger partial charge in [-0.05, 0) is 55.0 Å². The predicted molar refractivity (Wildman–Crippen MR) is 108 cm³/mol. The first-order valence-electron chi connectivity index (χ1n) is 8.81. The van der Waals surface area contributed by atoms with Crippen LogP contribution >= 0.6 is 0 Å². The van der Waals surface area contributed by atoms with E-state index in [0.29, 0.717) is 22.7 Å². The maximum Gasteiger partial charge on any atom is 0.264 e. The molecule has 0 saturated carbocycles. The number of anilines is 1. The summed E-state index contributed by atoms with van der Waals surface area (Å²) in [6, 6.07) is 12.1. The van der Waals surface area contributed by atoms with Gasteiger partial charge in [-0.1, -0.05) is 6.07 Å². The second-order valence-corrected chi connectivity index (χ2v) is 8.16. The summed E-state index contributed by atoms with van der Waals surface area (Å²) in [6.07, 6.45) is 1.32. The lowest BCUT2D eigenvalue weighted by Gasteiger charge is -2.11. The van der Waals surface area contributed by atoms with Crippen LogP contribution in [-0.4, -0.2) is 30.7 Å². The van der Waals surface area contributed by atoms with Gasteiger partial charge >= 0.3 is 0 Å². The molecular weight excluding hydrogens is 411 g/mol. The molecule has 2 N–H and O–H groups in total. The summed E-state index contributed by atoms with van der Waals surface area (Å²) in [5.41, 5.74) is 2.08. The topological polar surface area (TPSA) is 110 Å². The Bertz CT molecular complexity index is 1300. The summed E-state index contributed by atoms with van der Waals surface area (Å²) in [5.74, 6) is 0.312. The Morgan fingerprint density at radius 2 is 1.80 bits per heavy atom. The lowest BCUT2D eigenvalue weighted by atomic mass is 10.2. The molecule has 0 amide bonds. The number of aromatic amines is 1. The minimum atomic E-state index is -3.89. The zero-order valence-electron chi connectivity index (χ0n) is 16.0. The van der Waals surface area contributed by atoms with Crippen LogP contribution in [0.15, 0.2) is 64.0 Å². The third kappa shape index (κ3) is 3.90. The average molecular weight is 428 g/mol. The van der Waals surface area contributed by atoms with Gasteiger partial charge in [-0.25, -0.2) is 12.8 Å². The molecule has 0 fully saturated rings. The van der Waals surface area contributed by atoms with Crippen LogP contribution in [0.25, 0.3) is 23.0 Å². The normalized spacial score (nSPS) is 11.4. The number of rotatable bonds is 6. The van der Waals surface area contributed by atoms with E-state index < -0.39 is 10.0 Å². The smallest absolute Gasteiger partial charge is 0.264 e. The van der Waals surface area contributed by atoms with Crippen LogP contribution in [0.4, 0.5) is 10.1 Å². The van der Waals surface area contributed by atoms with Gasteiger partial charge in [0.15, 0.2) is 0 Å². The highest BCUT2D eigenvalue weighted by molar-refractivity contribution is 7.92. The Balaban J connectivity index is 1.60. The third-order valence-electron chi connectivity index (χ3n) is 4.31. The van der Waals surface area contributed by atoms with Gasteiger partial charge in [-0.3, -0.25) is 4.72 Å². The van der Waals surface area contributed by atoms with E-state index in [2.05, 4.69) is 19.9 Å². The quantitative estimate of drug-likeness (QED) is 0.481. The summed E-state index contributed by atoms with van der Waals surface area (Å²) in [4.78, 5) is 2.81. The van der Waals surface area contributed by atoms with Crippen molar-refractivity contribution in [3.63, 3.8) is 0 Å². The van der Waals surface area contributed by atoms with E-state index in [1.54, 1.807) is 12.1 Å². The molecule has 0 aliphatic carbocycles. The maximum atomic E-state index is 13.1. The Morgan fingerprint density at radius 3 is 2.53 bits per heavy atom. The van der Waals surface area contributed by atoms with E-state index in [9.17, 15) is 12.8 Å². The lowest BCUT2D eigenvalue weighted by molar-refractivity contribution is 0.417. The Labute approximate surface area is 171 Å². The van der Waals surface area contributed by atoms with Crippen molar-refractivity contribution in [2.45, 2.75) is 11.8 Å². The SMILES string of the molecule is COc1ccc(C)cc1NS(=O)(=O)c1c[nH]c(-c2nnc(-c3ccc(F)cc3)o2)c1. The van der Waals surface area contributed by atoms with Crippen molar-refractivity contribution in [3.8, 4) is 28.8 Å². The van der Waals surface area contributed by atoms with Crippen LogP contribution in [0, 0.1) is 12.7 Å². The van der Waals surface area contributed by atoms with Gasteiger partial charge < -0.3 is 14.1 Å². The fourth-order valence-electron chi connectivity index (χ4n) is 2.80.